The molecule has 0 aliphatic carbocycles. The predicted molar refractivity (Wildman–Crippen MR) is 52.9 cm³/mol. The van der Waals surface area contributed by atoms with Crippen LogP contribution in [-0.4, -0.2) is 13.7 Å². The molecule has 1 aromatic rings. The van der Waals surface area contributed by atoms with Gasteiger partial charge in [-0.05, 0) is 23.6 Å². The minimum Gasteiger partial charge on any atom is -0.497 e. The molecule has 0 aromatic heterocycles. The standard InChI is InChI=1S/C11H15NO/c1-8-7-12-11(8)9-3-5-10(13-2)6-4-9/h3-6,8,11-12H,7H2,1-2H3. The zero-order valence-electron chi connectivity index (χ0n) is 8.08. The first kappa shape index (κ1) is 8.57. The third-order valence-electron chi connectivity index (χ3n) is 2.70. The molecule has 1 fully saturated rings. The van der Waals surface area contributed by atoms with Gasteiger partial charge < -0.3 is 10.1 Å². The third kappa shape index (κ3) is 1.54. The van der Waals surface area contributed by atoms with Gasteiger partial charge in [-0.15, -0.1) is 0 Å². The number of hydrogen-bond donors (Lipinski definition) is 1. The van der Waals surface area contributed by atoms with E-state index >= 15 is 0 Å². The molecule has 1 aromatic carbocycles. The molecule has 1 saturated heterocycles. The number of nitrogens with one attached hydrogen (secondary N) is 1. The third-order valence-corrected chi connectivity index (χ3v) is 2.70. The molecule has 0 spiro atoms. The van der Waals surface area contributed by atoms with Crippen molar-refractivity contribution in [3.8, 4) is 5.75 Å². The number of rotatable bonds is 2. The first-order chi connectivity index (χ1) is 6.31. The maximum Gasteiger partial charge on any atom is 0.118 e. The molecule has 70 valence electrons. The summed E-state index contributed by atoms with van der Waals surface area (Å²) in [5.74, 6) is 1.68. The van der Waals surface area contributed by atoms with Crippen molar-refractivity contribution in [3.05, 3.63) is 29.8 Å². The zero-order valence-corrected chi connectivity index (χ0v) is 8.08. The van der Waals surface area contributed by atoms with Gasteiger partial charge in [0.1, 0.15) is 5.75 Å². The van der Waals surface area contributed by atoms with E-state index in [1.54, 1.807) is 7.11 Å². The highest BCUT2D eigenvalue weighted by Crippen LogP contribution is 2.29. The van der Waals surface area contributed by atoms with Gasteiger partial charge in [-0.2, -0.15) is 0 Å². The Labute approximate surface area is 78.9 Å². The smallest absolute Gasteiger partial charge is 0.118 e. The second-order valence-electron chi connectivity index (χ2n) is 3.64. The molecule has 1 heterocycles. The highest BCUT2D eigenvalue weighted by atomic mass is 16.5. The van der Waals surface area contributed by atoms with Crippen LogP contribution in [0, 0.1) is 5.92 Å². The van der Waals surface area contributed by atoms with Crippen molar-refractivity contribution in [3.63, 3.8) is 0 Å². The van der Waals surface area contributed by atoms with E-state index in [4.69, 9.17) is 4.74 Å². The van der Waals surface area contributed by atoms with Gasteiger partial charge in [0, 0.05) is 12.6 Å². The summed E-state index contributed by atoms with van der Waals surface area (Å²) in [5.41, 5.74) is 1.36. The first-order valence-corrected chi connectivity index (χ1v) is 4.68. The minimum absolute atomic E-state index is 0.547. The quantitative estimate of drug-likeness (QED) is 0.745. The monoisotopic (exact) mass is 177 g/mol. The van der Waals surface area contributed by atoms with Crippen LogP contribution < -0.4 is 10.1 Å². The Hall–Kier alpha value is -1.02. The maximum atomic E-state index is 5.11. The van der Waals surface area contributed by atoms with E-state index in [0.29, 0.717) is 6.04 Å². The van der Waals surface area contributed by atoms with Gasteiger partial charge >= 0.3 is 0 Å². The van der Waals surface area contributed by atoms with Crippen LogP contribution in [0.1, 0.15) is 18.5 Å². The summed E-state index contributed by atoms with van der Waals surface area (Å²) in [7, 11) is 1.69. The van der Waals surface area contributed by atoms with Crippen LogP contribution in [0.4, 0.5) is 0 Å². The summed E-state index contributed by atoms with van der Waals surface area (Å²) in [6.45, 7) is 3.40. The van der Waals surface area contributed by atoms with E-state index in [1.165, 1.54) is 5.56 Å². The van der Waals surface area contributed by atoms with Crippen LogP contribution in [0.5, 0.6) is 5.75 Å². The molecule has 1 aliphatic heterocycles. The SMILES string of the molecule is COc1ccc(C2NCC2C)cc1. The lowest BCUT2D eigenvalue weighted by atomic mass is 9.88. The van der Waals surface area contributed by atoms with Crippen LogP contribution in [0.3, 0.4) is 0 Å². The van der Waals surface area contributed by atoms with Gasteiger partial charge in [-0.3, -0.25) is 0 Å². The Morgan fingerprint density at radius 2 is 2.00 bits per heavy atom. The lowest BCUT2D eigenvalue weighted by Crippen LogP contribution is -2.43. The molecule has 2 heteroatoms. The van der Waals surface area contributed by atoms with E-state index in [0.717, 1.165) is 18.2 Å². The van der Waals surface area contributed by atoms with Crippen molar-refractivity contribution in [2.24, 2.45) is 5.92 Å². The summed E-state index contributed by atoms with van der Waals surface area (Å²) in [6, 6.07) is 8.84. The minimum atomic E-state index is 0.547. The van der Waals surface area contributed by atoms with Crippen molar-refractivity contribution >= 4 is 0 Å². The fraction of sp³-hybridized carbons (Fsp3) is 0.455. The fourth-order valence-corrected chi connectivity index (χ4v) is 1.73. The van der Waals surface area contributed by atoms with Crippen LogP contribution in [0.15, 0.2) is 24.3 Å². The highest BCUT2D eigenvalue weighted by Gasteiger charge is 2.26. The second-order valence-corrected chi connectivity index (χ2v) is 3.64. The summed E-state index contributed by atoms with van der Waals surface area (Å²) in [4.78, 5) is 0. The van der Waals surface area contributed by atoms with Gasteiger partial charge in [0.2, 0.25) is 0 Å². The normalized spacial score (nSPS) is 26.6. The van der Waals surface area contributed by atoms with Gasteiger partial charge in [-0.25, -0.2) is 0 Å². The largest absolute Gasteiger partial charge is 0.497 e. The molecule has 2 atom stereocenters. The highest BCUT2D eigenvalue weighted by molar-refractivity contribution is 5.30. The lowest BCUT2D eigenvalue weighted by Gasteiger charge is -2.36. The lowest BCUT2D eigenvalue weighted by molar-refractivity contribution is 0.258. The molecular formula is C11H15NO. The Kier molecular flexibility index (Phi) is 2.23. The van der Waals surface area contributed by atoms with Crippen molar-refractivity contribution in [1.29, 1.82) is 0 Å². The number of methoxy groups -OCH3 is 1. The maximum absolute atomic E-state index is 5.11. The summed E-state index contributed by atoms with van der Waals surface area (Å²) in [5, 5.41) is 3.41. The molecule has 0 saturated carbocycles. The molecular weight excluding hydrogens is 162 g/mol. The molecule has 1 N–H and O–H groups in total. The molecule has 0 amide bonds. The summed E-state index contributed by atoms with van der Waals surface area (Å²) < 4.78 is 5.11. The molecule has 1 aliphatic rings. The average molecular weight is 177 g/mol. The summed E-state index contributed by atoms with van der Waals surface area (Å²) >= 11 is 0. The van der Waals surface area contributed by atoms with Crippen molar-refractivity contribution in [2.45, 2.75) is 13.0 Å². The van der Waals surface area contributed by atoms with Crippen LogP contribution in [-0.2, 0) is 0 Å². The van der Waals surface area contributed by atoms with Crippen molar-refractivity contribution in [2.75, 3.05) is 13.7 Å². The molecule has 0 bridgehead atoms. The van der Waals surface area contributed by atoms with Gasteiger partial charge in [0.15, 0.2) is 0 Å². The van der Waals surface area contributed by atoms with E-state index in [1.807, 2.05) is 12.1 Å². The summed E-state index contributed by atoms with van der Waals surface area (Å²) in [6.07, 6.45) is 0. The predicted octanol–water partition coefficient (Wildman–Crippen LogP) is 1.98. The number of ether oxygens (including phenoxy) is 1. The van der Waals surface area contributed by atoms with Gasteiger partial charge in [0.25, 0.3) is 0 Å². The van der Waals surface area contributed by atoms with Crippen LogP contribution in [0.25, 0.3) is 0 Å². The number of hydrogen-bond acceptors (Lipinski definition) is 2. The molecule has 2 unspecified atom stereocenters. The van der Waals surface area contributed by atoms with Gasteiger partial charge in [0.05, 0.1) is 7.11 Å². The van der Waals surface area contributed by atoms with Crippen molar-refractivity contribution in [1.82, 2.24) is 5.32 Å². The van der Waals surface area contributed by atoms with E-state index in [-0.39, 0.29) is 0 Å². The zero-order chi connectivity index (χ0) is 9.26. The Balaban J connectivity index is 2.13. The van der Waals surface area contributed by atoms with E-state index in [9.17, 15) is 0 Å². The molecule has 2 rings (SSSR count). The second kappa shape index (κ2) is 3.38. The Morgan fingerprint density at radius 3 is 2.38 bits per heavy atom. The van der Waals surface area contributed by atoms with Crippen LogP contribution >= 0.6 is 0 Å². The molecule has 13 heavy (non-hydrogen) atoms. The van der Waals surface area contributed by atoms with E-state index in [2.05, 4.69) is 24.4 Å². The van der Waals surface area contributed by atoms with Crippen LogP contribution in [0.2, 0.25) is 0 Å². The average Bonchev–Trinajstić information content (AvgIpc) is 2.17. The topological polar surface area (TPSA) is 21.3 Å². The van der Waals surface area contributed by atoms with E-state index < -0.39 is 0 Å². The molecule has 0 radical (unpaired) electrons. The number of benzene rings is 1. The first-order valence-electron chi connectivity index (χ1n) is 4.68. The van der Waals surface area contributed by atoms with Crippen molar-refractivity contribution < 1.29 is 4.74 Å². The molecule has 2 nitrogen and oxygen atoms in total. The Morgan fingerprint density at radius 1 is 1.31 bits per heavy atom. The van der Waals surface area contributed by atoms with Gasteiger partial charge in [-0.1, -0.05) is 19.1 Å². The fourth-order valence-electron chi connectivity index (χ4n) is 1.73. The Bertz CT molecular complexity index is 281.